The molecule has 0 heterocycles. The normalized spacial score (nSPS) is 14.0. The molecule has 0 aliphatic rings. The van der Waals surface area contributed by atoms with Crippen LogP contribution in [0.3, 0.4) is 0 Å². The Balaban J connectivity index is 1.99. The van der Waals surface area contributed by atoms with Gasteiger partial charge in [0.1, 0.15) is 0 Å². The van der Waals surface area contributed by atoms with Crippen LogP contribution < -0.4 is 5.32 Å². The third-order valence-electron chi connectivity index (χ3n) is 3.25. The highest BCUT2D eigenvalue weighted by Crippen LogP contribution is 2.29. The second-order valence-electron chi connectivity index (χ2n) is 4.70. The van der Waals surface area contributed by atoms with Gasteiger partial charge in [-0.15, -0.1) is 0 Å². The number of hydrogen-bond acceptors (Lipinski definition) is 2. The Kier molecular flexibility index (Phi) is 5.44. The number of halogens is 2. The fraction of sp³-hybridized carbons (Fsp3) is 0.250. The number of benzene rings is 2. The Morgan fingerprint density at radius 1 is 1.05 bits per heavy atom. The molecule has 0 spiro atoms. The number of nitrogens with one attached hydrogen (secondary N) is 1. The number of aliphatic hydroxyl groups is 1. The van der Waals surface area contributed by atoms with E-state index >= 15 is 0 Å². The average molecular weight is 310 g/mol. The molecular weight excluding hydrogens is 293 g/mol. The molecule has 0 aliphatic heterocycles. The minimum Gasteiger partial charge on any atom is -0.387 e. The highest BCUT2D eigenvalue weighted by atomic mass is 35.5. The van der Waals surface area contributed by atoms with Gasteiger partial charge < -0.3 is 10.4 Å². The van der Waals surface area contributed by atoms with Gasteiger partial charge in [-0.25, -0.2) is 0 Å². The smallest absolute Gasteiger partial charge is 0.0914 e. The molecule has 0 saturated carbocycles. The summed E-state index contributed by atoms with van der Waals surface area (Å²) in [5.41, 5.74) is 1.82. The molecule has 2 aromatic carbocycles. The van der Waals surface area contributed by atoms with Crippen molar-refractivity contribution >= 4 is 23.2 Å². The molecular formula is C16H17Cl2NO. The molecule has 0 aromatic heterocycles. The minimum atomic E-state index is -0.545. The highest BCUT2D eigenvalue weighted by Gasteiger charge is 2.13. The van der Waals surface area contributed by atoms with E-state index in [4.69, 9.17) is 23.2 Å². The maximum absolute atomic E-state index is 10.1. The lowest BCUT2D eigenvalue weighted by molar-refractivity contribution is 0.171. The summed E-state index contributed by atoms with van der Waals surface area (Å²) < 4.78 is 0. The van der Waals surface area contributed by atoms with E-state index in [0.717, 1.165) is 11.1 Å². The Morgan fingerprint density at radius 3 is 2.45 bits per heavy atom. The third-order valence-corrected chi connectivity index (χ3v) is 4.08. The van der Waals surface area contributed by atoms with E-state index in [1.54, 1.807) is 6.07 Å². The summed E-state index contributed by atoms with van der Waals surface area (Å²) in [7, 11) is 0. The molecule has 0 bridgehead atoms. The summed E-state index contributed by atoms with van der Waals surface area (Å²) in [6, 6.07) is 15.1. The first kappa shape index (κ1) is 15.3. The monoisotopic (exact) mass is 309 g/mol. The fourth-order valence-corrected chi connectivity index (χ4v) is 2.52. The van der Waals surface area contributed by atoms with Gasteiger partial charge >= 0.3 is 0 Å². The zero-order valence-electron chi connectivity index (χ0n) is 11.2. The van der Waals surface area contributed by atoms with E-state index < -0.39 is 6.10 Å². The predicted octanol–water partition coefficient (Wildman–Crippen LogP) is 4.38. The first-order valence-corrected chi connectivity index (χ1v) is 7.25. The van der Waals surface area contributed by atoms with Gasteiger partial charge in [0.05, 0.1) is 16.1 Å². The topological polar surface area (TPSA) is 32.3 Å². The molecule has 2 N–H and O–H groups in total. The van der Waals surface area contributed by atoms with Gasteiger partial charge in [0.2, 0.25) is 0 Å². The van der Waals surface area contributed by atoms with Crippen molar-refractivity contribution in [1.82, 2.24) is 5.32 Å². The Bertz CT molecular complexity index is 560. The molecule has 0 amide bonds. The van der Waals surface area contributed by atoms with E-state index in [9.17, 15) is 5.11 Å². The summed E-state index contributed by atoms with van der Waals surface area (Å²) >= 11 is 12.2. The van der Waals surface area contributed by atoms with E-state index in [1.165, 1.54) is 0 Å². The molecule has 4 heteroatoms. The summed E-state index contributed by atoms with van der Waals surface area (Å²) in [5, 5.41) is 14.5. The van der Waals surface area contributed by atoms with Crippen LogP contribution in [0, 0.1) is 0 Å². The standard InChI is InChI=1S/C16H17Cl2NO/c1-11(13-8-5-9-14(17)16(13)18)19-10-15(20)12-6-3-2-4-7-12/h2-9,11,15,19-20H,10H2,1H3. The molecule has 106 valence electrons. The molecule has 2 nitrogen and oxygen atoms in total. The lowest BCUT2D eigenvalue weighted by Crippen LogP contribution is -2.24. The van der Waals surface area contributed by atoms with Crippen molar-refractivity contribution in [2.75, 3.05) is 6.54 Å². The lowest BCUT2D eigenvalue weighted by Gasteiger charge is -2.19. The molecule has 0 radical (unpaired) electrons. The summed E-state index contributed by atoms with van der Waals surface area (Å²) in [6.45, 7) is 2.45. The first-order valence-electron chi connectivity index (χ1n) is 6.50. The first-order chi connectivity index (χ1) is 9.59. The SMILES string of the molecule is CC(NCC(O)c1ccccc1)c1cccc(Cl)c1Cl. The molecule has 0 fully saturated rings. The van der Waals surface area contributed by atoms with Gasteiger partial charge in [-0.2, -0.15) is 0 Å². The lowest BCUT2D eigenvalue weighted by atomic mass is 10.1. The third kappa shape index (κ3) is 3.74. The van der Waals surface area contributed by atoms with Crippen molar-refractivity contribution in [3.8, 4) is 0 Å². The van der Waals surface area contributed by atoms with Crippen molar-refractivity contribution in [1.29, 1.82) is 0 Å². The maximum Gasteiger partial charge on any atom is 0.0914 e. The van der Waals surface area contributed by atoms with Gasteiger partial charge in [-0.05, 0) is 24.1 Å². The Morgan fingerprint density at radius 2 is 1.75 bits per heavy atom. The number of hydrogen-bond donors (Lipinski definition) is 2. The van der Waals surface area contributed by atoms with E-state index in [-0.39, 0.29) is 6.04 Å². The number of rotatable bonds is 5. The Hall–Kier alpha value is -1.06. The molecule has 2 unspecified atom stereocenters. The summed E-state index contributed by atoms with van der Waals surface area (Å²) in [6.07, 6.45) is -0.545. The van der Waals surface area contributed by atoms with Crippen molar-refractivity contribution < 1.29 is 5.11 Å². The van der Waals surface area contributed by atoms with Crippen LogP contribution in [0.4, 0.5) is 0 Å². The fourth-order valence-electron chi connectivity index (χ4n) is 2.05. The van der Waals surface area contributed by atoms with Crippen LogP contribution in [0.25, 0.3) is 0 Å². The molecule has 0 aliphatic carbocycles. The van der Waals surface area contributed by atoms with Crippen LogP contribution in [0.1, 0.15) is 30.2 Å². The highest BCUT2D eigenvalue weighted by molar-refractivity contribution is 6.42. The van der Waals surface area contributed by atoms with Gasteiger partial charge in [-0.1, -0.05) is 65.7 Å². The quantitative estimate of drug-likeness (QED) is 0.859. The van der Waals surface area contributed by atoms with Crippen LogP contribution in [-0.4, -0.2) is 11.7 Å². The predicted molar refractivity (Wildman–Crippen MR) is 84.3 cm³/mol. The van der Waals surface area contributed by atoms with Crippen LogP contribution >= 0.6 is 23.2 Å². The van der Waals surface area contributed by atoms with E-state index in [1.807, 2.05) is 49.4 Å². The van der Waals surface area contributed by atoms with Crippen molar-refractivity contribution in [2.45, 2.75) is 19.1 Å². The van der Waals surface area contributed by atoms with Gasteiger partial charge in [0.15, 0.2) is 0 Å². The van der Waals surface area contributed by atoms with Crippen molar-refractivity contribution in [3.05, 3.63) is 69.7 Å². The van der Waals surface area contributed by atoms with Crippen molar-refractivity contribution in [2.24, 2.45) is 0 Å². The molecule has 2 aromatic rings. The van der Waals surface area contributed by atoms with Crippen molar-refractivity contribution in [3.63, 3.8) is 0 Å². The van der Waals surface area contributed by atoms with Crippen LogP contribution in [0.15, 0.2) is 48.5 Å². The molecule has 20 heavy (non-hydrogen) atoms. The molecule has 0 saturated heterocycles. The summed E-state index contributed by atoms with van der Waals surface area (Å²) in [5.74, 6) is 0. The second-order valence-corrected chi connectivity index (χ2v) is 5.48. The second kappa shape index (κ2) is 7.09. The average Bonchev–Trinajstić information content (AvgIpc) is 2.48. The summed E-state index contributed by atoms with van der Waals surface area (Å²) in [4.78, 5) is 0. The zero-order chi connectivity index (χ0) is 14.5. The van der Waals surface area contributed by atoms with E-state index in [2.05, 4.69) is 5.32 Å². The maximum atomic E-state index is 10.1. The van der Waals surface area contributed by atoms with Crippen LogP contribution in [0.2, 0.25) is 10.0 Å². The number of aliphatic hydroxyl groups excluding tert-OH is 1. The van der Waals surface area contributed by atoms with Gasteiger partial charge in [0, 0.05) is 12.6 Å². The molecule has 2 rings (SSSR count). The van der Waals surface area contributed by atoms with Gasteiger partial charge in [-0.3, -0.25) is 0 Å². The largest absolute Gasteiger partial charge is 0.387 e. The zero-order valence-corrected chi connectivity index (χ0v) is 12.7. The van der Waals surface area contributed by atoms with Crippen LogP contribution in [0.5, 0.6) is 0 Å². The van der Waals surface area contributed by atoms with Gasteiger partial charge in [0.25, 0.3) is 0 Å². The minimum absolute atomic E-state index is 0.0135. The Labute approximate surface area is 129 Å². The van der Waals surface area contributed by atoms with E-state index in [0.29, 0.717) is 16.6 Å². The van der Waals surface area contributed by atoms with Crippen LogP contribution in [-0.2, 0) is 0 Å². The molecule has 2 atom stereocenters.